The number of carbonyl (C=O) groups is 2. The molecule has 1 heterocycles. The average Bonchev–Trinajstić information content (AvgIpc) is 3.01. The SMILES string of the molecule is O=C(O)C1CSCCN1C(=O)NC1CC2CCC1C2. The summed E-state index contributed by atoms with van der Waals surface area (Å²) in [5.41, 5.74) is 0. The summed E-state index contributed by atoms with van der Waals surface area (Å²) in [6, 6.07) is -0.571. The molecule has 0 aromatic heterocycles. The quantitative estimate of drug-likeness (QED) is 0.804. The van der Waals surface area contributed by atoms with Gasteiger partial charge in [-0.2, -0.15) is 11.8 Å². The van der Waals surface area contributed by atoms with Crippen LogP contribution in [0, 0.1) is 11.8 Å². The first kappa shape index (κ1) is 13.1. The number of thioether (sulfide) groups is 1. The van der Waals surface area contributed by atoms with Gasteiger partial charge in [-0.05, 0) is 31.1 Å². The number of hydrogen-bond donors (Lipinski definition) is 2. The summed E-state index contributed by atoms with van der Waals surface area (Å²) < 4.78 is 0. The molecule has 2 amide bonds. The van der Waals surface area contributed by atoms with Crippen molar-refractivity contribution in [3.63, 3.8) is 0 Å². The zero-order valence-electron chi connectivity index (χ0n) is 10.9. The molecule has 19 heavy (non-hydrogen) atoms. The van der Waals surface area contributed by atoms with Crippen LogP contribution in [0.2, 0.25) is 0 Å². The maximum atomic E-state index is 12.3. The third kappa shape index (κ3) is 2.55. The van der Waals surface area contributed by atoms with Crippen molar-refractivity contribution in [3.05, 3.63) is 0 Å². The van der Waals surface area contributed by atoms with Crippen LogP contribution >= 0.6 is 11.8 Å². The highest BCUT2D eigenvalue weighted by Gasteiger charge is 2.41. The average molecular weight is 284 g/mol. The molecule has 3 fully saturated rings. The third-order valence-electron chi connectivity index (χ3n) is 4.72. The molecular weight excluding hydrogens is 264 g/mol. The number of rotatable bonds is 2. The lowest BCUT2D eigenvalue weighted by Crippen LogP contribution is -2.56. The molecule has 0 radical (unpaired) electrons. The van der Waals surface area contributed by atoms with Gasteiger partial charge < -0.3 is 15.3 Å². The molecule has 2 bridgehead atoms. The highest BCUT2D eigenvalue weighted by atomic mass is 32.2. The summed E-state index contributed by atoms with van der Waals surface area (Å²) in [5.74, 6) is 1.84. The minimum absolute atomic E-state index is 0.176. The Bertz CT molecular complexity index is 390. The molecule has 6 heteroatoms. The minimum atomic E-state index is -0.893. The first-order valence-electron chi connectivity index (χ1n) is 7.03. The first-order chi connectivity index (χ1) is 9.15. The molecule has 0 aromatic carbocycles. The van der Waals surface area contributed by atoms with E-state index in [4.69, 9.17) is 0 Å². The topological polar surface area (TPSA) is 69.6 Å². The van der Waals surface area contributed by atoms with Crippen LogP contribution in [0.1, 0.15) is 25.7 Å². The molecule has 4 unspecified atom stereocenters. The van der Waals surface area contributed by atoms with Crippen molar-refractivity contribution in [2.75, 3.05) is 18.1 Å². The fourth-order valence-corrected chi connectivity index (χ4v) is 4.75. The Morgan fingerprint density at radius 1 is 1.26 bits per heavy atom. The van der Waals surface area contributed by atoms with Crippen molar-refractivity contribution in [2.24, 2.45) is 11.8 Å². The van der Waals surface area contributed by atoms with E-state index in [-0.39, 0.29) is 12.1 Å². The molecule has 2 aliphatic carbocycles. The van der Waals surface area contributed by atoms with Crippen LogP contribution in [-0.2, 0) is 4.79 Å². The van der Waals surface area contributed by atoms with E-state index in [0.29, 0.717) is 18.2 Å². The van der Waals surface area contributed by atoms with Crippen LogP contribution in [0.4, 0.5) is 4.79 Å². The second-order valence-electron chi connectivity index (χ2n) is 5.85. The fraction of sp³-hybridized carbons (Fsp3) is 0.846. The first-order valence-corrected chi connectivity index (χ1v) is 8.18. The minimum Gasteiger partial charge on any atom is -0.480 e. The van der Waals surface area contributed by atoms with E-state index in [2.05, 4.69) is 5.32 Å². The Morgan fingerprint density at radius 2 is 2.11 bits per heavy atom. The van der Waals surface area contributed by atoms with Gasteiger partial charge in [0.05, 0.1) is 0 Å². The number of amides is 2. The lowest BCUT2D eigenvalue weighted by Gasteiger charge is -2.34. The second kappa shape index (κ2) is 5.23. The van der Waals surface area contributed by atoms with Crippen LogP contribution < -0.4 is 5.32 Å². The maximum Gasteiger partial charge on any atom is 0.327 e. The summed E-state index contributed by atoms with van der Waals surface area (Å²) in [7, 11) is 0. The molecule has 2 N–H and O–H groups in total. The summed E-state index contributed by atoms with van der Waals surface area (Å²) in [4.78, 5) is 25.0. The summed E-state index contributed by atoms with van der Waals surface area (Å²) >= 11 is 1.60. The van der Waals surface area contributed by atoms with Gasteiger partial charge in [0.25, 0.3) is 0 Å². The van der Waals surface area contributed by atoms with Crippen molar-refractivity contribution in [1.82, 2.24) is 10.2 Å². The molecule has 2 saturated carbocycles. The Balaban J connectivity index is 1.61. The van der Waals surface area contributed by atoms with E-state index in [0.717, 1.165) is 18.1 Å². The second-order valence-corrected chi connectivity index (χ2v) is 7.00. The molecule has 5 nitrogen and oxygen atoms in total. The number of hydrogen-bond acceptors (Lipinski definition) is 3. The molecule has 106 valence electrons. The number of urea groups is 1. The van der Waals surface area contributed by atoms with E-state index in [9.17, 15) is 14.7 Å². The van der Waals surface area contributed by atoms with Gasteiger partial charge in [-0.3, -0.25) is 0 Å². The molecule has 0 aromatic rings. The number of carboxylic acid groups (broad SMARTS) is 1. The van der Waals surface area contributed by atoms with Gasteiger partial charge in [-0.15, -0.1) is 0 Å². The Hall–Kier alpha value is -0.910. The Morgan fingerprint density at radius 3 is 2.74 bits per heavy atom. The summed E-state index contributed by atoms with van der Waals surface area (Å²) in [6.45, 7) is 0.536. The standard InChI is InChI=1S/C13H20N2O3S/c16-12(17)11-7-19-4-3-15(11)13(18)14-10-6-8-1-2-9(10)5-8/h8-11H,1-7H2,(H,14,18)(H,16,17). The highest BCUT2D eigenvalue weighted by molar-refractivity contribution is 7.99. The third-order valence-corrected chi connectivity index (χ3v) is 5.74. The normalized spacial score (nSPS) is 37.4. The predicted molar refractivity (Wildman–Crippen MR) is 73.2 cm³/mol. The van der Waals surface area contributed by atoms with Crippen LogP contribution in [-0.4, -0.2) is 52.1 Å². The van der Waals surface area contributed by atoms with Gasteiger partial charge in [-0.1, -0.05) is 6.42 Å². The van der Waals surface area contributed by atoms with Crippen LogP contribution in [0.25, 0.3) is 0 Å². The monoisotopic (exact) mass is 284 g/mol. The highest BCUT2D eigenvalue weighted by Crippen LogP contribution is 2.44. The molecular formula is C13H20N2O3S. The Kier molecular flexibility index (Phi) is 3.60. The van der Waals surface area contributed by atoms with Gasteiger partial charge in [0.2, 0.25) is 0 Å². The zero-order chi connectivity index (χ0) is 13.4. The molecule has 0 spiro atoms. The van der Waals surface area contributed by atoms with Crippen molar-refractivity contribution in [3.8, 4) is 0 Å². The van der Waals surface area contributed by atoms with Crippen molar-refractivity contribution in [2.45, 2.75) is 37.8 Å². The number of nitrogens with one attached hydrogen (secondary N) is 1. The molecule has 3 aliphatic rings. The number of nitrogens with zero attached hydrogens (tertiary/aromatic N) is 1. The van der Waals surface area contributed by atoms with E-state index < -0.39 is 12.0 Å². The van der Waals surface area contributed by atoms with Crippen molar-refractivity contribution in [1.29, 1.82) is 0 Å². The molecule has 3 rings (SSSR count). The lowest BCUT2D eigenvalue weighted by molar-refractivity contribution is -0.141. The van der Waals surface area contributed by atoms with Gasteiger partial charge >= 0.3 is 12.0 Å². The summed E-state index contributed by atoms with van der Waals surface area (Å²) in [5, 5.41) is 12.3. The number of aliphatic carboxylic acids is 1. The molecule has 4 atom stereocenters. The van der Waals surface area contributed by atoms with Gasteiger partial charge in [-0.25, -0.2) is 9.59 Å². The van der Waals surface area contributed by atoms with E-state index in [1.54, 1.807) is 11.8 Å². The lowest BCUT2D eigenvalue weighted by atomic mass is 9.95. The van der Waals surface area contributed by atoms with E-state index in [1.165, 1.54) is 24.2 Å². The smallest absolute Gasteiger partial charge is 0.327 e. The predicted octanol–water partition coefficient (Wildman–Crippen LogP) is 1.39. The number of carboxylic acids is 1. The van der Waals surface area contributed by atoms with E-state index >= 15 is 0 Å². The van der Waals surface area contributed by atoms with Crippen LogP contribution in [0.15, 0.2) is 0 Å². The van der Waals surface area contributed by atoms with Crippen molar-refractivity contribution < 1.29 is 14.7 Å². The van der Waals surface area contributed by atoms with Gasteiger partial charge in [0.15, 0.2) is 0 Å². The van der Waals surface area contributed by atoms with Crippen LogP contribution in [0.5, 0.6) is 0 Å². The Labute approximate surface area is 117 Å². The summed E-state index contributed by atoms with van der Waals surface area (Å²) in [6.07, 6.45) is 4.84. The van der Waals surface area contributed by atoms with Gasteiger partial charge in [0.1, 0.15) is 6.04 Å². The zero-order valence-corrected chi connectivity index (χ0v) is 11.7. The van der Waals surface area contributed by atoms with Gasteiger partial charge in [0, 0.05) is 24.1 Å². The van der Waals surface area contributed by atoms with E-state index in [1.807, 2.05) is 0 Å². The molecule has 1 saturated heterocycles. The van der Waals surface area contributed by atoms with Crippen molar-refractivity contribution >= 4 is 23.8 Å². The maximum absolute atomic E-state index is 12.3. The molecule has 1 aliphatic heterocycles. The fourth-order valence-electron chi connectivity index (χ4n) is 3.71. The number of carbonyl (C=O) groups excluding carboxylic acids is 1. The van der Waals surface area contributed by atoms with Crippen LogP contribution in [0.3, 0.4) is 0 Å². The number of fused-ring (bicyclic) bond motifs is 2. The largest absolute Gasteiger partial charge is 0.480 e.